The van der Waals surface area contributed by atoms with Crippen molar-refractivity contribution in [3.63, 3.8) is 0 Å². The minimum atomic E-state index is -0.710. The summed E-state index contributed by atoms with van der Waals surface area (Å²) >= 11 is 1.52. The normalized spacial score (nSPS) is 10.3. The van der Waals surface area contributed by atoms with E-state index in [1.807, 2.05) is 12.3 Å². The highest BCUT2D eigenvalue weighted by Gasteiger charge is 2.18. The lowest BCUT2D eigenvalue weighted by Crippen LogP contribution is -2.26. The van der Waals surface area contributed by atoms with Crippen LogP contribution in [0.3, 0.4) is 0 Å². The quantitative estimate of drug-likeness (QED) is 0.459. The fourth-order valence-corrected chi connectivity index (χ4v) is 2.76. The SMILES string of the molecule is CCOC(=O)c1cc(C(=O)NCCc2csc(C)n2)cc([N+](=O)[O-])c1. The first-order chi connectivity index (χ1) is 11.9. The summed E-state index contributed by atoms with van der Waals surface area (Å²) in [5, 5.41) is 16.6. The second-order valence-electron chi connectivity index (χ2n) is 5.11. The number of amides is 1. The zero-order chi connectivity index (χ0) is 18.4. The Hall–Kier alpha value is -2.81. The summed E-state index contributed by atoms with van der Waals surface area (Å²) in [5.41, 5.74) is 0.530. The molecule has 0 spiro atoms. The number of carbonyl (C=O) groups is 2. The van der Waals surface area contributed by atoms with Crippen LogP contribution in [0.5, 0.6) is 0 Å². The monoisotopic (exact) mass is 363 g/mol. The van der Waals surface area contributed by atoms with Crippen molar-refractivity contribution in [1.82, 2.24) is 10.3 Å². The number of benzene rings is 1. The van der Waals surface area contributed by atoms with Gasteiger partial charge < -0.3 is 10.1 Å². The van der Waals surface area contributed by atoms with Gasteiger partial charge in [0.1, 0.15) is 0 Å². The van der Waals surface area contributed by atoms with Gasteiger partial charge in [-0.3, -0.25) is 14.9 Å². The average molecular weight is 363 g/mol. The maximum Gasteiger partial charge on any atom is 0.338 e. The number of aromatic nitrogens is 1. The Labute approximate surface area is 148 Å². The number of nitro groups is 1. The Morgan fingerprint density at radius 3 is 2.64 bits per heavy atom. The van der Waals surface area contributed by atoms with Gasteiger partial charge in [-0.25, -0.2) is 9.78 Å². The predicted octanol–water partition coefficient (Wildman–Crippen LogP) is 2.51. The molecule has 1 N–H and O–H groups in total. The largest absolute Gasteiger partial charge is 0.462 e. The maximum absolute atomic E-state index is 12.2. The number of thiazole rings is 1. The van der Waals surface area contributed by atoms with Crippen LogP contribution in [-0.4, -0.2) is 34.9 Å². The van der Waals surface area contributed by atoms with Crippen molar-refractivity contribution in [3.05, 3.63) is 55.5 Å². The Balaban J connectivity index is 2.11. The molecule has 132 valence electrons. The zero-order valence-corrected chi connectivity index (χ0v) is 14.6. The number of nitrogens with one attached hydrogen (secondary N) is 1. The van der Waals surface area contributed by atoms with Crippen LogP contribution >= 0.6 is 11.3 Å². The van der Waals surface area contributed by atoms with E-state index >= 15 is 0 Å². The smallest absolute Gasteiger partial charge is 0.338 e. The van der Waals surface area contributed by atoms with Crippen LogP contribution in [0.15, 0.2) is 23.6 Å². The summed E-state index contributed by atoms with van der Waals surface area (Å²) in [6.07, 6.45) is 0.551. The fourth-order valence-electron chi connectivity index (χ4n) is 2.11. The summed E-state index contributed by atoms with van der Waals surface area (Å²) in [7, 11) is 0. The number of hydrogen-bond donors (Lipinski definition) is 1. The molecular formula is C16H17N3O5S. The van der Waals surface area contributed by atoms with Crippen LogP contribution in [-0.2, 0) is 11.2 Å². The third-order valence-electron chi connectivity index (χ3n) is 3.24. The van der Waals surface area contributed by atoms with Crippen LogP contribution in [0.25, 0.3) is 0 Å². The first kappa shape index (κ1) is 18.5. The lowest BCUT2D eigenvalue weighted by atomic mass is 10.1. The molecule has 0 atom stereocenters. The van der Waals surface area contributed by atoms with Crippen LogP contribution in [0.1, 0.15) is 38.3 Å². The van der Waals surface area contributed by atoms with Crippen LogP contribution in [0.2, 0.25) is 0 Å². The number of rotatable bonds is 7. The molecule has 1 heterocycles. The van der Waals surface area contributed by atoms with Gasteiger partial charge in [-0.1, -0.05) is 0 Å². The standard InChI is InChI=1S/C16H17N3O5S/c1-3-24-16(21)12-6-11(7-14(8-12)19(22)23)15(20)17-5-4-13-9-25-10(2)18-13/h6-9H,3-5H2,1-2H3,(H,17,20). The molecule has 0 unspecified atom stereocenters. The van der Waals surface area contributed by atoms with Crippen molar-refractivity contribution >= 4 is 28.9 Å². The lowest BCUT2D eigenvalue weighted by Gasteiger charge is -2.07. The van der Waals surface area contributed by atoms with Gasteiger partial charge in [0.2, 0.25) is 0 Å². The Morgan fingerprint density at radius 1 is 1.32 bits per heavy atom. The van der Waals surface area contributed by atoms with E-state index in [0.717, 1.165) is 22.8 Å². The number of nitro benzene ring substituents is 1. The lowest BCUT2D eigenvalue weighted by molar-refractivity contribution is -0.384. The number of carbonyl (C=O) groups excluding carboxylic acids is 2. The van der Waals surface area contributed by atoms with Crippen LogP contribution in [0.4, 0.5) is 5.69 Å². The highest BCUT2D eigenvalue weighted by molar-refractivity contribution is 7.09. The molecule has 1 amide bonds. The summed E-state index contributed by atoms with van der Waals surface area (Å²) < 4.78 is 4.84. The summed E-state index contributed by atoms with van der Waals surface area (Å²) in [6, 6.07) is 3.51. The van der Waals surface area contributed by atoms with E-state index in [2.05, 4.69) is 10.3 Å². The third kappa shape index (κ3) is 5.08. The van der Waals surface area contributed by atoms with E-state index in [0.29, 0.717) is 13.0 Å². The Morgan fingerprint density at radius 2 is 2.04 bits per heavy atom. The maximum atomic E-state index is 12.2. The van der Waals surface area contributed by atoms with Crippen molar-refractivity contribution in [2.24, 2.45) is 0 Å². The number of ether oxygens (including phenoxy) is 1. The molecule has 25 heavy (non-hydrogen) atoms. The van der Waals surface area contributed by atoms with Crippen molar-refractivity contribution < 1.29 is 19.2 Å². The summed E-state index contributed by atoms with van der Waals surface area (Å²) in [4.78, 5) is 38.7. The zero-order valence-electron chi connectivity index (χ0n) is 13.8. The van der Waals surface area contributed by atoms with Crippen molar-refractivity contribution in [2.75, 3.05) is 13.2 Å². The molecule has 9 heteroatoms. The molecule has 0 fully saturated rings. The van der Waals surface area contributed by atoms with Crippen molar-refractivity contribution in [3.8, 4) is 0 Å². The van der Waals surface area contributed by atoms with E-state index in [-0.39, 0.29) is 23.4 Å². The number of aryl methyl sites for hydroxylation is 1. The summed E-state index contributed by atoms with van der Waals surface area (Å²) in [5.74, 6) is -1.21. The third-order valence-corrected chi connectivity index (χ3v) is 4.06. The second kappa shape index (κ2) is 8.34. The molecule has 0 bridgehead atoms. The van der Waals surface area contributed by atoms with E-state index in [9.17, 15) is 19.7 Å². The number of non-ortho nitro benzene ring substituents is 1. The van der Waals surface area contributed by atoms with Crippen molar-refractivity contribution in [1.29, 1.82) is 0 Å². The molecule has 2 aromatic rings. The molecular weight excluding hydrogens is 346 g/mol. The molecule has 1 aromatic heterocycles. The second-order valence-corrected chi connectivity index (χ2v) is 6.17. The first-order valence-electron chi connectivity index (χ1n) is 7.56. The van der Waals surface area contributed by atoms with Gasteiger partial charge in [-0.15, -0.1) is 11.3 Å². The Kier molecular flexibility index (Phi) is 6.18. The van der Waals surface area contributed by atoms with E-state index < -0.39 is 16.8 Å². The number of esters is 1. The van der Waals surface area contributed by atoms with Gasteiger partial charge in [-0.05, 0) is 19.9 Å². The first-order valence-corrected chi connectivity index (χ1v) is 8.44. The van der Waals surface area contributed by atoms with Gasteiger partial charge in [-0.2, -0.15) is 0 Å². The highest BCUT2D eigenvalue weighted by atomic mass is 32.1. The fraction of sp³-hybridized carbons (Fsp3) is 0.312. The minimum Gasteiger partial charge on any atom is -0.462 e. The van der Waals surface area contributed by atoms with Crippen LogP contribution in [0, 0.1) is 17.0 Å². The molecule has 0 saturated carbocycles. The van der Waals surface area contributed by atoms with Gasteiger partial charge >= 0.3 is 5.97 Å². The van der Waals surface area contributed by atoms with Crippen molar-refractivity contribution in [2.45, 2.75) is 20.3 Å². The van der Waals surface area contributed by atoms with Gasteiger partial charge in [0.25, 0.3) is 11.6 Å². The summed E-state index contributed by atoms with van der Waals surface area (Å²) in [6.45, 7) is 3.99. The minimum absolute atomic E-state index is 0.0312. The highest BCUT2D eigenvalue weighted by Crippen LogP contribution is 2.18. The molecule has 2 rings (SSSR count). The predicted molar refractivity (Wildman–Crippen MR) is 91.9 cm³/mol. The van der Waals surface area contributed by atoms with Crippen LogP contribution < -0.4 is 5.32 Å². The van der Waals surface area contributed by atoms with E-state index in [1.165, 1.54) is 17.4 Å². The van der Waals surface area contributed by atoms with Gasteiger partial charge in [0.05, 0.1) is 27.8 Å². The van der Waals surface area contributed by atoms with E-state index in [4.69, 9.17) is 4.74 Å². The topological polar surface area (TPSA) is 111 Å². The van der Waals surface area contributed by atoms with E-state index in [1.54, 1.807) is 6.92 Å². The molecule has 0 aliphatic heterocycles. The van der Waals surface area contributed by atoms with Gasteiger partial charge in [0.15, 0.2) is 0 Å². The molecule has 8 nitrogen and oxygen atoms in total. The molecule has 1 aromatic carbocycles. The molecule has 0 aliphatic carbocycles. The molecule has 0 saturated heterocycles. The number of hydrogen-bond acceptors (Lipinski definition) is 7. The number of nitrogens with zero attached hydrogens (tertiary/aromatic N) is 2. The average Bonchev–Trinajstić information content (AvgIpc) is 2.99. The molecule has 0 aliphatic rings. The molecule has 0 radical (unpaired) electrons. The van der Waals surface area contributed by atoms with Gasteiger partial charge in [0, 0.05) is 36.0 Å². The Bertz CT molecular complexity index is 803.